The van der Waals surface area contributed by atoms with E-state index >= 15 is 0 Å². The van der Waals surface area contributed by atoms with Crippen molar-refractivity contribution < 1.29 is 9.47 Å². The first-order valence-electron chi connectivity index (χ1n) is 9.36. The maximum Gasteiger partial charge on any atom is 0.163 e. The molecule has 1 N–H and O–H groups in total. The van der Waals surface area contributed by atoms with Crippen LogP contribution in [0, 0.1) is 6.92 Å². The number of anilines is 1. The molecule has 1 fully saturated rings. The van der Waals surface area contributed by atoms with Crippen LogP contribution in [-0.4, -0.2) is 34.0 Å². The normalized spacial score (nSPS) is 13.1. The number of aromatic nitrogens is 4. The summed E-state index contributed by atoms with van der Waals surface area (Å²) in [5, 5.41) is 9.05. The minimum Gasteiger partial charge on any atom is -0.497 e. The average molecular weight is 369 g/mol. The summed E-state index contributed by atoms with van der Waals surface area (Å²) >= 11 is 0. The molecule has 0 unspecified atom stereocenters. The standard InChI is InChI=1S/C18H21N5O2.C2H6/c1-11-16-17(20-10-21-18(16)23(22-11)13-5-6-13)19-9-12-4-7-14(24-2)8-15(12)25-3;1-2/h4,7-8,10,13H,5-6,9H2,1-3H3,(H,19,20,21);1-2H3. The molecule has 2 heterocycles. The predicted octanol–water partition coefficient (Wildman–Crippen LogP) is 4.13. The Hall–Kier alpha value is -2.83. The number of hydrogen-bond donors (Lipinski definition) is 1. The molecule has 144 valence electrons. The summed E-state index contributed by atoms with van der Waals surface area (Å²) in [6.07, 6.45) is 3.94. The van der Waals surface area contributed by atoms with E-state index in [0.717, 1.165) is 39.6 Å². The second-order valence-electron chi connectivity index (χ2n) is 6.21. The van der Waals surface area contributed by atoms with Crippen LogP contribution in [0.15, 0.2) is 24.5 Å². The zero-order valence-corrected chi connectivity index (χ0v) is 16.6. The number of hydrogen-bond acceptors (Lipinski definition) is 6. The summed E-state index contributed by atoms with van der Waals surface area (Å²) in [6, 6.07) is 6.28. The van der Waals surface area contributed by atoms with Crippen LogP contribution in [-0.2, 0) is 6.54 Å². The van der Waals surface area contributed by atoms with Gasteiger partial charge in [-0.25, -0.2) is 14.6 Å². The highest BCUT2D eigenvalue weighted by Crippen LogP contribution is 2.38. The van der Waals surface area contributed by atoms with E-state index in [2.05, 4.69) is 20.4 Å². The Labute approximate surface area is 159 Å². The molecule has 4 rings (SSSR count). The first-order valence-corrected chi connectivity index (χ1v) is 9.36. The third-order valence-corrected chi connectivity index (χ3v) is 4.50. The smallest absolute Gasteiger partial charge is 0.163 e. The number of methoxy groups -OCH3 is 2. The maximum atomic E-state index is 5.46. The van der Waals surface area contributed by atoms with Crippen molar-refractivity contribution in [1.82, 2.24) is 19.7 Å². The number of nitrogens with one attached hydrogen (secondary N) is 1. The Morgan fingerprint density at radius 2 is 1.93 bits per heavy atom. The van der Waals surface area contributed by atoms with E-state index in [1.165, 1.54) is 12.8 Å². The molecule has 0 aliphatic heterocycles. The van der Waals surface area contributed by atoms with Gasteiger partial charge in [0.05, 0.1) is 31.3 Å². The fourth-order valence-electron chi connectivity index (χ4n) is 3.03. The van der Waals surface area contributed by atoms with Gasteiger partial charge in [0.2, 0.25) is 0 Å². The quantitative estimate of drug-likeness (QED) is 0.704. The van der Waals surface area contributed by atoms with Crippen LogP contribution >= 0.6 is 0 Å². The average Bonchev–Trinajstić information content (AvgIpc) is 3.51. The highest BCUT2D eigenvalue weighted by Gasteiger charge is 2.28. The molecule has 0 spiro atoms. The molecule has 0 bridgehead atoms. The van der Waals surface area contributed by atoms with Crippen LogP contribution in [0.25, 0.3) is 11.0 Å². The second kappa shape index (κ2) is 8.24. The van der Waals surface area contributed by atoms with E-state index in [4.69, 9.17) is 9.47 Å². The third-order valence-electron chi connectivity index (χ3n) is 4.50. The van der Waals surface area contributed by atoms with Gasteiger partial charge in [-0.1, -0.05) is 13.8 Å². The zero-order valence-electron chi connectivity index (χ0n) is 16.6. The lowest BCUT2D eigenvalue weighted by Gasteiger charge is -2.12. The molecule has 1 aliphatic carbocycles. The molecule has 1 saturated carbocycles. The summed E-state index contributed by atoms with van der Waals surface area (Å²) in [6.45, 7) is 6.59. The number of ether oxygens (including phenoxy) is 2. The van der Waals surface area contributed by atoms with Crippen molar-refractivity contribution in [3.8, 4) is 11.5 Å². The highest BCUT2D eigenvalue weighted by atomic mass is 16.5. The van der Waals surface area contributed by atoms with E-state index in [1.54, 1.807) is 20.5 Å². The lowest BCUT2D eigenvalue weighted by Crippen LogP contribution is -2.05. The van der Waals surface area contributed by atoms with Gasteiger partial charge in [0.1, 0.15) is 23.6 Å². The minimum atomic E-state index is 0.487. The Morgan fingerprint density at radius 3 is 2.59 bits per heavy atom. The summed E-state index contributed by atoms with van der Waals surface area (Å²) in [5.74, 6) is 2.35. The van der Waals surface area contributed by atoms with E-state index in [0.29, 0.717) is 12.6 Å². The first-order chi connectivity index (χ1) is 13.2. The summed E-state index contributed by atoms with van der Waals surface area (Å²) in [4.78, 5) is 8.87. The van der Waals surface area contributed by atoms with Crippen molar-refractivity contribution in [2.75, 3.05) is 19.5 Å². The molecule has 3 aromatic rings. The summed E-state index contributed by atoms with van der Waals surface area (Å²) in [5.41, 5.74) is 2.88. The Balaban J connectivity index is 0.00000102. The number of benzene rings is 1. The maximum absolute atomic E-state index is 5.46. The van der Waals surface area contributed by atoms with Gasteiger partial charge < -0.3 is 14.8 Å². The topological polar surface area (TPSA) is 74.1 Å². The Kier molecular flexibility index (Phi) is 5.78. The molecule has 7 heteroatoms. The van der Waals surface area contributed by atoms with Gasteiger partial charge in [0, 0.05) is 18.2 Å². The monoisotopic (exact) mass is 369 g/mol. The second-order valence-corrected chi connectivity index (χ2v) is 6.21. The molecule has 0 radical (unpaired) electrons. The number of aryl methyl sites for hydroxylation is 1. The Morgan fingerprint density at radius 1 is 1.15 bits per heavy atom. The third kappa shape index (κ3) is 3.82. The molecular formula is C20H27N5O2. The van der Waals surface area contributed by atoms with Crippen molar-refractivity contribution in [3.05, 3.63) is 35.8 Å². The molecular weight excluding hydrogens is 342 g/mol. The van der Waals surface area contributed by atoms with E-state index in [1.807, 2.05) is 43.7 Å². The van der Waals surface area contributed by atoms with Crippen LogP contribution in [0.4, 0.5) is 5.82 Å². The molecule has 7 nitrogen and oxygen atoms in total. The molecule has 1 aliphatic rings. The highest BCUT2D eigenvalue weighted by molar-refractivity contribution is 5.89. The van der Waals surface area contributed by atoms with Crippen molar-refractivity contribution in [2.45, 2.75) is 46.2 Å². The van der Waals surface area contributed by atoms with E-state index in [9.17, 15) is 0 Å². The molecule has 1 aromatic carbocycles. The van der Waals surface area contributed by atoms with Crippen LogP contribution in [0.3, 0.4) is 0 Å². The minimum absolute atomic E-state index is 0.487. The molecule has 2 aromatic heterocycles. The van der Waals surface area contributed by atoms with Gasteiger partial charge in [0.15, 0.2) is 5.65 Å². The summed E-state index contributed by atoms with van der Waals surface area (Å²) < 4.78 is 12.7. The predicted molar refractivity (Wildman–Crippen MR) is 107 cm³/mol. The largest absolute Gasteiger partial charge is 0.497 e. The van der Waals surface area contributed by atoms with E-state index < -0.39 is 0 Å². The fourth-order valence-corrected chi connectivity index (χ4v) is 3.03. The summed E-state index contributed by atoms with van der Waals surface area (Å²) in [7, 11) is 3.30. The molecule has 0 saturated heterocycles. The van der Waals surface area contributed by atoms with E-state index in [-0.39, 0.29) is 0 Å². The van der Waals surface area contributed by atoms with Crippen molar-refractivity contribution in [2.24, 2.45) is 0 Å². The van der Waals surface area contributed by atoms with Crippen LogP contribution in [0.1, 0.15) is 44.0 Å². The molecule has 0 amide bonds. The van der Waals surface area contributed by atoms with Gasteiger partial charge >= 0.3 is 0 Å². The van der Waals surface area contributed by atoms with Gasteiger partial charge in [-0.2, -0.15) is 5.10 Å². The lowest BCUT2D eigenvalue weighted by molar-refractivity contribution is 0.391. The lowest BCUT2D eigenvalue weighted by atomic mass is 10.2. The zero-order chi connectivity index (χ0) is 19.4. The van der Waals surface area contributed by atoms with Crippen LogP contribution in [0.5, 0.6) is 11.5 Å². The number of rotatable bonds is 6. The van der Waals surface area contributed by atoms with Gasteiger partial charge in [0.25, 0.3) is 0 Å². The first kappa shape index (κ1) is 18.9. The van der Waals surface area contributed by atoms with Gasteiger partial charge in [-0.3, -0.25) is 0 Å². The number of nitrogens with zero attached hydrogens (tertiary/aromatic N) is 4. The Bertz CT molecular complexity index is 918. The molecule has 27 heavy (non-hydrogen) atoms. The van der Waals surface area contributed by atoms with Gasteiger partial charge in [-0.05, 0) is 31.9 Å². The fraction of sp³-hybridized carbons (Fsp3) is 0.450. The molecule has 0 atom stereocenters. The number of fused-ring (bicyclic) bond motifs is 1. The van der Waals surface area contributed by atoms with Crippen molar-refractivity contribution in [1.29, 1.82) is 0 Å². The van der Waals surface area contributed by atoms with Crippen molar-refractivity contribution in [3.63, 3.8) is 0 Å². The van der Waals surface area contributed by atoms with Crippen molar-refractivity contribution >= 4 is 16.9 Å². The van der Waals surface area contributed by atoms with Gasteiger partial charge in [-0.15, -0.1) is 0 Å². The van der Waals surface area contributed by atoms with Crippen LogP contribution < -0.4 is 14.8 Å². The van der Waals surface area contributed by atoms with Crippen LogP contribution in [0.2, 0.25) is 0 Å². The SMILES string of the molecule is CC.COc1ccc(CNc2ncnc3c2c(C)nn3C2CC2)c(OC)c1.